The minimum atomic E-state index is 0.554. The highest BCUT2D eigenvalue weighted by molar-refractivity contribution is 7.51. The maximum Gasteiger partial charge on any atom is 0.135 e. The van der Waals surface area contributed by atoms with Crippen LogP contribution in [0.25, 0.3) is 22.3 Å². The largest absolute Gasteiger partial charge is 0.488 e. The van der Waals surface area contributed by atoms with Crippen molar-refractivity contribution in [3.63, 3.8) is 0 Å². The third kappa shape index (κ3) is 7.83. The normalized spacial score (nSPS) is 11.4. The van der Waals surface area contributed by atoms with Crippen LogP contribution in [-0.4, -0.2) is 12.3 Å². The molecule has 0 saturated carbocycles. The molecule has 2 unspecified atom stereocenters. The van der Waals surface area contributed by atoms with E-state index >= 15 is 0 Å². The molecule has 6 aromatic carbocycles. The first kappa shape index (κ1) is 29.8. The lowest BCUT2D eigenvalue weighted by atomic mass is 10.0. The molecule has 6 aromatic rings. The Morgan fingerprint density at radius 1 is 0.364 bits per heavy atom. The Kier molecular flexibility index (Phi) is 10.5. The lowest BCUT2D eigenvalue weighted by Crippen LogP contribution is -2.09. The van der Waals surface area contributed by atoms with Gasteiger partial charge in [0.2, 0.25) is 0 Å². The molecular weight excluding hydrogens is 574 g/mol. The van der Waals surface area contributed by atoms with Gasteiger partial charge in [-0.2, -0.15) is 0 Å². The molecule has 218 valence electrons. The van der Waals surface area contributed by atoms with Crippen molar-refractivity contribution < 1.29 is 9.47 Å². The van der Waals surface area contributed by atoms with E-state index in [-0.39, 0.29) is 0 Å². The zero-order valence-electron chi connectivity index (χ0n) is 24.7. The molecule has 0 radical (unpaired) electrons. The van der Waals surface area contributed by atoms with Gasteiger partial charge in [0.1, 0.15) is 24.7 Å². The highest BCUT2D eigenvalue weighted by Gasteiger charge is 2.15. The molecule has 0 amide bonds. The zero-order valence-corrected chi connectivity index (χ0v) is 26.7. The fraction of sp³-hybridized carbons (Fsp3) is 0.100. The summed E-state index contributed by atoms with van der Waals surface area (Å²) in [5.74, 6) is 2.00. The fourth-order valence-corrected chi connectivity index (χ4v) is 7.91. The molecule has 0 aliphatic rings. The van der Waals surface area contributed by atoms with Crippen molar-refractivity contribution in [2.45, 2.75) is 13.2 Å². The van der Waals surface area contributed by atoms with Crippen molar-refractivity contribution in [2.75, 3.05) is 12.3 Å². The van der Waals surface area contributed by atoms with E-state index in [0.29, 0.717) is 30.4 Å². The molecule has 0 fully saturated rings. The Balaban J connectivity index is 1.20. The molecule has 0 aromatic heterocycles. The van der Waals surface area contributed by atoms with Crippen LogP contribution in [0.5, 0.6) is 11.5 Å². The molecule has 2 atom stereocenters. The zero-order chi connectivity index (χ0) is 29.8. The van der Waals surface area contributed by atoms with Gasteiger partial charge in [-0.25, -0.2) is 0 Å². The molecule has 2 nitrogen and oxygen atoms in total. The van der Waals surface area contributed by atoms with Gasteiger partial charge in [0.15, 0.2) is 0 Å². The first-order valence-electron chi connectivity index (χ1n) is 15.0. The number of rotatable bonds is 13. The molecule has 0 heterocycles. The highest BCUT2D eigenvalue weighted by Crippen LogP contribution is 2.35. The minimum absolute atomic E-state index is 0.554. The summed E-state index contributed by atoms with van der Waals surface area (Å²) in [5.41, 5.74) is 7.02. The summed E-state index contributed by atoms with van der Waals surface area (Å²) in [6.45, 7) is 1.11. The molecule has 4 heteroatoms. The van der Waals surface area contributed by atoms with Gasteiger partial charge in [0.05, 0.1) is 0 Å². The summed E-state index contributed by atoms with van der Waals surface area (Å²) in [7, 11) is 1.30. The number of hydrogen-bond donors (Lipinski definition) is 0. The van der Waals surface area contributed by atoms with Crippen LogP contribution in [0.3, 0.4) is 0 Å². The second-order valence-corrected chi connectivity index (χ2v) is 13.3. The van der Waals surface area contributed by atoms with E-state index in [0.717, 1.165) is 34.9 Å². The maximum atomic E-state index is 6.57. The smallest absolute Gasteiger partial charge is 0.135 e. The molecule has 0 spiro atoms. The summed E-state index contributed by atoms with van der Waals surface area (Å²) >= 11 is 0. The predicted molar refractivity (Wildman–Crippen MR) is 191 cm³/mol. The third-order valence-corrected chi connectivity index (χ3v) is 10.5. The summed E-state index contributed by atoms with van der Waals surface area (Å²) in [6, 6.07) is 55.1. The van der Waals surface area contributed by atoms with Gasteiger partial charge in [-0.1, -0.05) is 175 Å². The maximum absolute atomic E-state index is 6.57. The summed E-state index contributed by atoms with van der Waals surface area (Å²) in [6.07, 6.45) is 2.18. The first-order valence-corrected chi connectivity index (χ1v) is 17.4. The van der Waals surface area contributed by atoms with Crippen LogP contribution in [-0.2, 0) is 13.2 Å². The number of ether oxygens (including phenoxy) is 2. The van der Waals surface area contributed by atoms with Crippen molar-refractivity contribution in [2.24, 2.45) is 0 Å². The van der Waals surface area contributed by atoms with E-state index < -0.39 is 0 Å². The van der Waals surface area contributed by atoms with Crippen LogP contribution >= 0.6 is 17.2 Å². The van der Waals surface area contributed by atoms with Crippen molar-refractivity contribution in [3.05, 3.63) is 169 Å². The molecule has 0 aliphatic carbocycles. The Bertz CT molecular complexity index is 1610. The van der Waals surface area contributed by atoms with Crippen LogP contribution in [0.2, 0.25) is 0 Å². The van der Waals surface area contributed by atoms with Crippen LogP contribution in [0, 0.1) is 0 Å². The molecule has 0 bridgehead atoms. The van der Waals surface area contributed by atoms with Gasteiger partial charge in [-0.3, -0.25) is 0 Å². The summed E-state index contributed by atoms with van der Waals surface area (Å²) < 4.78 is 13.1. The van der Waals surface area contributed by atoms with Crippen molar-refractivity contribution in [1.82, 2.24) is 0 Å². The first-order chi connectivity index (χ1) is 21.8. The standard InChI is InChI=1S/C40H36O2P2/c1-5-15-31(16-6-1)29-41-39-35(33-19-9-3-10-20-33)23-13-25-37(39)43-27-28-44-38-26-14-24-36(34-21-11-4-12-22-34)40(38)42-30-32-17-7-2-8-18-32/h1-26,43-44H,27-30H2. The van der Waals surface area contributed by atoms with Crippen molar-refractivity contribution in [3.8, 4) is 33.8 Å². The fourth-order valence-electron chi connectivity index (χ4n) is 5.21. The van der Waals surface area contributed by atoms with Crippen LogP contribution in [0.15, 0.2) is 158 Å². The molecule has 0 aliphatic heterocycles. The van der Waals surface area contributed by atoms with Gasteiger partial charge in [0.25, 0.3) is 0 Å². The van der Waals surface area contributed by atoms with E-state index in [4.69, 9.17) is 9.47 Å². The molecule has 0 N–H and O–H groups in total. The number of hydrogen-bond acceptors (Lipinski definition) is 2. The summed E-state index contributed by atoms with van der Waals surface area (Å²) in [4.78, 5) is 0. The van der Waals surface area contributed by atoms with E-state index in [1.807, 2.05) is 12.1 Å². The lowest BCUT2D eigenvalue weighted by Gasteiger charge is -2.18. The topological polar surface area (TPSA) is 18.5 Å². The molecule has 6 rings (SSSR count). The van der Waals surface area contributed by atoms with Gasteiger partial charge in [-0.05, 0) is 34.6 Å². The Morgan fingerprint density at radius 3 is 1.11 bits per heavy atom. The average molecular weight is 611 g/mol. The molecular formula is C40H36O2P2. The second kappa shape index (κ2) is 15.5. The van der Waals surface area contributed by atoms with Gasteiger partial charge in [-0.15, -0.1) is 0 Å². The van der Waals surface area contributed by atoms with E-state index in [9.17, 15) is 0 Å². The highest BCUT2D eigenvalue weighted by atomic mass is 31.1. The molecule has 0 saturated heterocycles. The Labute approximate surface area is 264 Å². The number of benzene rings is 6. The third-order valence-electron chi connectivity index (χ3n) is 7.41. The summed E-state index contributed by atoms with van der Waals surface area (Å²) in [5, 5.41) is 2.57. The van der Waals surface area contributed by atoms with Gasteiger partial charge < -0.3 is 9.47 Å². The quantitative estimate of drug-likeness (QED) is 0.0958. The Hall–Kier alpha value is -4.22. The lowest BCUT2D eigenvalue weighted by molar-refractivity contribution is 0.310. The van der Waals surface area contributed by atoms with Crippen molar-refractivity contribution >= 4 is 27.8 Å². The monoisotopic (exact) mass is 610 g/mol. The van der Waals surface area contributed by atoms with E-state index in [1.54, 1.807) is 0 Å². The van der Waals surface area contributed by atoms with Gasteiger partial charge >= 0.3 is 0 Å². The van der Waals surface area contributed by atoms with Crippen molar-refractivity contribution in [1.29, 1.82) is 0 Å². The van der Waals surface area contributed by atoms with E-state index in [2.05, 4.69) is 146 Å². The SMILES string of the molecule is c1ccc(COc2c(PCCPc3cccc(-c4ccccc4)c3OCc3ccccc3)cccc2-c2ccccc2)cc1. The Morgan fingerprint density at radius 2 is 0.727 bits per heavy atom. The van der Waals surface area contributed by atoms with Crippen LogP contribution in [0.1, 0.15) is 11.1 Å². The van der Waals surface area contributed by atoms with Crippen LogP contribution < -0.4 is 20.1 Å². The number of para-hydroxylation sites is 2. The van der Waals surface area contributed by atoms with E-state index in [1.165, 1.54) is 32.9 Å². The average Bonchev–Trinajstić information content (AvgIpc) is 3.10. The predicted octanol–water partition coefficient (Wildman–Crippen LogP) is 9.49. The second-order valence-electron chi connectivity index (χ2n) is 10.5. The minimum Gasteiger partial charge on any atom is -0.488 e. The van der Waals surface area contributed by atoms with Gasteiger partial charge in [0, 0.05) is 21.7 Å². The van der Waals surface area contributed by atoms with Crippen LogP contribution in [0.4, 0.5) is 0 Å². The molecule has 44 heavy (non-hydrogen) atoms.